The molecule has 2 aromatic heterocycles. The van der Waals surface area contributed by atoms with Gasteiger partial charge in [0.15, 0.2) is 5.65 Å². The van der Waals surface area contributed by atoms with E-state index in [1.165, 1.54) is 24.3 Å². The normalized spacial score (nSPS) is 11.5. The molecule has 0 bridgehead atoms. The van der Waals surface area contributed by atoms with Crippen molar-refractivity contribution in [2.45, 2.75) is 11.3 Å². The minimum Gasteiger partial charge on any atom is -0.325 e. The van der Waals surface area contributed by atoms with Gasteiger partial charge in [-0.05, 0) is 12.1 Å². The van der Waals surface area contributed by atoms with Crippen LogP contribution in [0, 0.1) is 10.1 Å². The molecule has 27 heavy (non-hydrogen) atoms. The van der Waals surface area contributed by atoms with Gasteiger partial charge in [-0.3, -0.25) is 14.9 Å². The molecule has 0 saturated heterocycles. The lowest BCUT2D eigenvalue weighted by Gasteiger charge is -2.03. The van der Waals surface area contributed by atoms with Crippen LogP contribution in [0.3, 0.4) is 0 Å². The molecule has 0 radical (unpaired) electrons. The van der Waals surface area contributed by atoms with Crippen LogP contribution in [0.15, 0.2) is 41.8 Å². The Labute approximate surface area is 152 Å². The van der Waals surface area contributed by atoms with Gasteiger partial charge in [-0.25, -0.2) is 14.5 Å². The lowest BCUT2D eigenvalue weighted by atomic mass is 10.3. The van der Waals surface area contributed by atoms with E-state index in [0.717, 1.165) is 28.7 Å². The molecule has 13 heteroatoms. The lowest BCUT2D eigenvalue weighted by molar-refractivity contribution is -0.384. The number of aromatic nitrogens is 4. The van der Waals surface area contributed by atoms with E-state index in [0.29, 0.717) is 5.69 Å². The molecule has 2 heterocycles. The Morgan fingerprint density at radius 2 is 2.00 bits per heavy atom. The van der Waals surface area contributed by atoms with Gasteiger partial charge in [0.2, 0.25) is 11.1 Å². The number of nitro groups is 1. The van der Waals surface area contributed by atoms with Crippen LogP contribution in [-0.2, 0) is 11.0 Å². The molecule has 0 atom stereocenters. The number of fused-ring (bicyclic) bond motifs is 1. The smallest absolute Gasteiger partial charge is 0.325 e. The van der Waals surface area contributed by atoms with Crippen LogP contribution in [-0.4, -0.2) is 36.2 Å². The third-order valence-electron chi connectivity index (χ3n) is 3.19. The van der Waals surface area contributed by atoms with Crippen LogP contribution in [0.1, 0.15) is 5.69 Å². The molecule has 0 saturated carbocycles. The van der Waals surface area contributed by atoms with E-state index in [2.05, 4.69) is 20.4 Å². The zero-order valence-corrected chi connectivity index (χ0v) is 14.0. The van der Waals surface area contributed by atoms with E-state index in [4.69, 9.17) is 0 Å². The SMILES string of the molecule is O=C(CSc1nc2cc(C(F)(F)F)ncn2n1)Nc1ccc([N+](=O)[O-])cc1. The van der Waals surface area contributed by atoms with E-state index in [-0.39, 0.29) is 22.2 Å². The number of carbonyl (C=O) groups excluding carboxylic acids is 1. The van der Waals surface area contributed by atoms with Crippen LogP contribution in [0.25, 0.3) is 5.65 Å². The third kappa shape index (κ3) is 4.49. The number of carbonyl (C=O) groups is 1. The van der Waals surface area contributed by atoms with Gasteiger partial charge in [-0.1, -0.05) is 11.8 Å². The average molecular weight is 398 g/mol. The van der Waals surface area contributed by atoms with Gasteiger partial charge in [-0.15, -0.1) is 5.10 Å². The van der Waals surface area contributed by atoms with Gasteiger partial charge >= 0.3 is 6.18 Å². The second-order valence-electron chi connectivity index (χ2n) is 5.11. The summed E-state index contributed by atoms with van der Waals surface area (Å²) in [4.78, 5) is 29.1. The standard InChI is InChI=1S/C14H9F3N6O3S/c15-14(16,17)10-5-11-20-13(21-22(11)7-18-10)27-6-12(24)19-8-1-3-9(4-2-8)23(25)26/h1-5,7H,6H2,(H,19,24). The van der Waals surface area contributed by atoms with E-state index < -0.39 is 22.7 Å². The zero-order chi connectivity index (χ0) is 19.6. The molecule has 0 fully saturated rings. The van der Waals surface area contributed by atoms with Crippen molar-refractivity contribution in [3.05, 3.63) is 52.5 Å². The average Bonchev–Trinajstić information content (AvgIpc) is 3.02. The number of non-ortho nitro benzene ring substituents is 1. The highest BCUT2D eigenvalue weighted by molar-refractivity contribution is 7.99. The summed E-state index contributed by atoms with van der Waals surface area (Å²) >= 11 is 0.923. The Balaban J connectivity index is 1.62. The molecule has 0 aliphatic rings. The maximum absolute atomic E-state index is 12.6. The molecule has 3 aromatic rings. The van der Waals surface area contributed by atoms with E-state index in [9.17, 15) is 28.1 Å². The topological polar surface area (TPSA) is 115 Å². The highest BCUT2D eigenvalue weighted by Gasteiger charge is 2.33. The third-order valence-corrected chi connectivity index (χ3v) is 4.03. The Morgan fingerprint density at radius 3 is 2.63 bits per heavy atom. The summed E-state index contributed by atoms with van der Waals surface area (Å²) in [6, 6.07) is 6.02. The van der Waals surface area contributed by atoms with Gasteiger partial charge in [-0.2, -0.15) is 13.2 Å². The van der Waals surface area contributed by atoms with Crippen LogP contribution in [0.2, 0.25) is 0 Å². The number of nitrogens with one attached hydrogen (secondary N) is 1. The number of nitro benzene ring substituents is 1. The number of rotatable bonds is 5. The molecule has 9 nitrogen and oxygen atoms in total. The summed E-state index contributed by atoms with van der Waals surface area (Å²) < 4.78 is 39.0. The maximum Gasteiger partial charge on any atom is 0.433 e. The van der Waals surface area contributed by atoms with Crippen molar-refractivity contribution < 1.29 is 22.9 Å². The summed E-state index contributed by atoms with van der Waals surface area (Å²) in [5.74, 6) is -0.533. The highest BCUT2D eigenvalue weighted by Crippen LogP contribution is 2.28. The minimum absolute atomic E-state index is 0.0457. The van der Waals surface area contributed by atoms with Crippen molar-refractivity contribution in [1.29, 1.82) is 0 Å². The first-order valence-corrected chi connectivity index (χ1v) is 8.17. The van der Waals surface area contributed by atoms with E-state index in [1.54, 1.807) is 0 Å². The Bertz CT molecular complexity index is 1010. The first kappa shape index (κ1) is 18.6. The van der Waals surface area contributed by atoms with Gasteiger partial charge in [0.05, 0.1) is 10.7 Å². The summed E-state index contributed by atoms with van der Waals surface area (Å²) in [5.41, 5.74) is -0.873. The Morgan fingerprint density at radius 1 is 1.30 bits per heavy atom. The molecule has 0 unspecified atom stereocenters. The number of alkyl halides is 3. The first-order chi connectivity index (χ1) is 12.7. The molecular weight excluding hydrogens is 389 g/mol. The highest BCUT2D eigenvalue weighted by atomic mass is 32.2. The second kappa shape index (κ2) is 7.19. The summed E-state index contributed by atoms with van der Waals surface area (Å²) in [7, 11) is 0. The Kier molecular flexibility index (Phi) is 4.94. The number of halogens is 3. The number of hydrogen-bond donors (Lipinski definition) is 1. The molecule has 0 aliphatic heterocycles. The Hall–Kier alpha value is -3.22. The van der Waals surface area contributed by atoms with Crippen molar-refractivity contribution in [3.63, 3.8) is 0 Å². The zero-order valence-electron chi connectivity index (χ0n) is 13.2. The largest absolute Gasteiger partial charge is 0.433 e. The molecule has 1 N–H and O–H groups in total. The van der Waals surface area contributed by atoms with Gasteiger partial charge < -0.3 is 5.32 Å². The van der Waals surface area contributed by atoms with Crippen LogP contribution < -0.4 is 5.32 Å². The van der Waals surface area contributed by atoms with Crippen molar-refractivity contribution in [1.82, 2.24) is 19.6 Å². The lowest BCUT2D eigenvalue weighted by Crippen LogP contribution is -2.14. The van der Waals surface area contributed by atoms with Gasteiger partial charge in [0.1, 0.15) is 12.0 Å². The molecule has 0 spiro atoms. The van der Waals surface area contributed by atoms with Gasteiger partial charge in [0, 0.05) is 23.9 Å². The predicted molar refractivity (Wildman–Crippen MR) is 88.2 cm³/mol. The fourth-order valence-electron chi connectivity index (χ4n) is 1.98. The number of thioether (sulfide) groups is 1. The van der Waals surface area contributed by atoms with Crippen molar-refractivity contribution >= 4 is 34.7 Å². The second-order valence-corrected chi connectivity index (χ2v) is 6.05. The van der Waals surface area contributed by atoms with Crippen LogP contribution in [0.5, 0.6) is 0 Å². The first-order valence-electron chi connectivity index (χ1n) is 7.19. The van der Waals surface area contributed by atoms with E-state index >= 15 is 0 Å². The van der Waals surface area contributed by atoms with E-state index in [1.807, 2.05) is 0 Å². The van der Waals surface area contributed by atoms with Gasteiger partial charge in [0.25, 0.3) is 5.69 Å². The number of anilines is 1. The predicted octanol–water partition coefficient (Wildman–Crippen LogP) is 2.78. The summed E-state index contributed by atoms with van der Waals surface area (Å²) in [6.45, 7) is 0. The van der Waals surface area contributed by atoms with Crippen LogP contribution in [0.4, 0.5) is 24.5 Å². The number of hydrogen-bond acceptors (Lipinski definition) is 7. The molecule has 140 valence electrons. The summed E-state index contributed by atoms with van der Waals surface area (Å²) in [5, 5.41) is 17.1. The molecule has 1 aromatic carbocycles. The summed E-state index contributed by atoms with van der Waals surface area (Å²) in [6.07, 6.45) is -3.70. The molecular formula is C14H9F3N6O3S. The number of amides is 1. The number of benzene rings is 1. The fourth-order valence-corrected chi connectivity index (χ4v) is 2.62. The monoisotopic (exact) mass is 398 g/mol. The maximum atomic E-state index is 12.6. The molecule has 1 amide bonds. The quantitative estimate of drug-likeness (QED) is 0.399. The van der Waals surface area contributed by atoms with Crippen molar-refractivity contribution in [2.75, 3.05) is 11.1 Å². The number of nitrogens with zero attached hydrogens (tertiary/aromatic N) is 5. The molecule has 3 rings (SSSR count). The van der Waals surface area contributed by atoms with Crippen molar-refractivity contribution in [2.24, 2.45) is 0 Å². The fraction of sp³-hybridized carbons (Fsp3) is 0.143. The van der Waals surface area contributed by atoms with Crippen molar-refractivity contribution in [3.8, 4) is 0 Å². The van der Waals surface area contributed by atoms with Crippen LogP contribution >= 0.6 is 11.8 Å². The minimum atomic E-state index is -4.59. The molecule has 0 aliphatic carbocycles.